The highest BCUT2D eigenvalue weighted by Crippen LogP contribution is 2.20. The van der Waals surface area contributed by atoms with Crippen LogP contribution in [0.5, 0.6) is 0 Å². The number of rotatable bonds is 6. The first-order valence-electron chi connectivity index (χ1n) is 7.69. The van der Waals surface area contributed by atoms with Crippen LogP contribution in [0.4, 0.5) is 10.5 Å². The maximum Gasteiger partial charge on any atom is 0.319 e. The minimum Gasteiger partial charge on any atom is -0.481 e. The Hall–Kier alpha value is -2.83. The number of para-hydroxylation sites is 2. The van der Waals surface area contributed by atoms with E-state index in [0.717, 1.165) is 11.4 Å². The van der Waals surface area contributed by atoms with E-state index in [-0.39, 0.29) is 12.5 Å². The number of amides is 2. The molecule has 0 saturated heterocycles. The van der Waals surface area contributed by atoms with E-state index in [2.05, 4.69) is 15.7 Å². The number of hydrogen-bond acceptors (Lipinski definition) is 3. The van der Waals surface area contributed by atoms with Gasteiger partial charge in [-0.1, -0.05) is 12.1 Å². The van der Waals surface area contributed by atoms with Crippen molar-refractivity contribution in [3.63, 3.8) is 0 Å². The first-order valence-corrected chi connectivity index (χ1v) is 7.69. The van der Waals surface area contributed by atoms with Gasteiger partial charge in [-0.2, -0.15) is 5.10 Å². The molecule has 0 saturated carbocycles. The van der Waals surface area contributed by atoms with Crippen molar-refractivity contribution >= 4 is 17.7 Å². The highest BCUT2D eigenvalue weighted by atomic mass is 16.4. The van der Waals surface area contributed by atoms with E-state index in [4.69, 9.17) is 5.11 Å². The van der Waals surface area contributed by atoms with Crippen LogP contribution in [0.2, 0.25) is 0 Å². The lowest BCUT2D eigenvalue weighted by atomic mass is 9.99. The number of benzene rings is 1. The van der Waals surface area contributed by atoms with Gasteiger partial charge in [0.1, 0.15) is 0 Å². The topological polar surface area (TPSA) is 96.2 Å². The molecule has 0 bridgehead atoms. The SMILES string of the molecule is Cc1ccn(-c2ccccc2NC(=O)NC(C)(C)CCC(=O)O)n1. The number of nitrogens with one attached hydrogen (secondary N) is 2. The fourth-order valence-electron chi connectivity index (χ4n) is 2.27. The van der Waals surface area contributed by atoms with Gasteiger partial charge in [0.05, 0.1) is 17.1 Å². The van der Waals surface area contributed by atoms with Gasteiger partial charge in [-0.15, -0.1) is 0 Å². The standard InChI is InChI=1S/C17H22N4O3/c1-12-9-11-21(20-12)14-7-5-4-6-13(14)18-16(24)19-17(2,3)10-8-15(22)23/h4-7,9,11H,8,10H2,1-3H3,(H,22,23)(H2,18,19,24). The lowest BCUT2D eigenvalue weighted by Crippen LogP contribution is -2.45. The molecule has 0 aliphatic rings. The zero-order valence-corrected chi connectivity index (χ0v) is 14.0. The Morgan fingerprint density at radius 2 is 1.96 bits per heavy atom. The Morgan fingerprint density at radius 3 is 2.58 bits per heavy atom. The fraction of sp³-hybridized carbons (Fsp3) is 0.353. The van der Waals surface area contributed by atoms with Crippen molar-refractivity contribution in [3.05, 3.63) is 42.2 Å². The number of carboxylic acid groups (broad SMARTS) is 1. The second kappa shape index (κ2) is 7.16. The number of carbonyl (C=O) groups is 2. The number of urea groups is 1. The third kappa shape index (κ3) is 4.84. The molecule has 0 aliphatic carbocycles. The van der Waals surface area contributed by atoms with Gasteiger partial charge in [-0.25, -0.2) is 9.48 Å². The number of nitrogens with zero attached hydrogens (tertiary/aromatic N) is 2. The average molecular weight is 330 g/mol. The van der Waals surface area contributed by atoms with Gasteiger partial charge in [-0.3, -0.25) is 4.79 Å². The molecule has 2 rings (SSSR count). The quantitative estimate of drug-likeness (QED) is 0.758. The zero-order chi connectivity index (χ0) is 17.7. The van der Waals surface area contributed by atoms with Crippen LogP contribution in [0.1, 0.15) is 32.4 Å². The lowest BCUT2D eigenvalue weighted by Gasteiger charge is -2.26. The molecule has 1 aromatic heterocycles. The van der Waals surface area contributed by atoms with Crippen LogP contribution < -0.4 is 10.6 Å². The Labute approximate surface area is 140 Å². The van der Waals surface area contributed by atoms with Gasteiger partial charge in [0, 0.05) is 18.2 Å². The summed E-state index contributed by atoms with van der Waals surface area (Å²) in [4.78, 5) is 23.0. The molecule has 0 unspecified atom stereocenters. The van der Waals surface area contributed by atoms with E-state index in [1.807, 2.05) is 37.4 Å². The number of carbonyl (C=O) groups excluding carboxylic acids is 1. The van der Waals surface area contributed by atoms with Gasteiger partial charge < -0.3 is 15.7 Å². The van der Waals surface area contributed by atoms with Gasteiger partial charge in [0.15, 0.2) is 0 Å². The molecule has 0 fully saturated rings. The molecule has 3 N–H and O–H groups in total. The Balaban J connectivity index is 2.08. The van der Waals surface area contributed by atoms with E-state index in [1.54, 1.807) is 24.6 Å². The van der Waals surface area contributed by atoms with Crippen LogP contribution in [0.15, 0.2) is 36.5 Å². The molecule has 7 nitrogen and oxygen atoms in total. The summed E-state index contributed by atoms with van der Waals surface area (Å²) >= 11 is 0. The number of aliphatic carboxylic acids is 1. The number of aryl methyl sites for hydroxylation is 1. The molecule has 2 aromatic rings. The molecule has 7 heteroatoms. The summed E-state index contributed by atoms with van der Waals surface area (Å²) in [5, 5.41) is 18.7. The second-order valence-corrected chi connectivity index (χ2v) is 6.28. The van der Waals surface area contributed by atoms with E-state index in [9.17, 15) is 9.59 Å². The molecule has 1 aromatic carbocycles. The maximum atomic E-state index is 12.3. The summed E-state index contributed by atoms with van der Waals surface area (Å²) in [6.45, 7) is 5.47. The number of anilines is 1. The molecular formula is C17H22N4O3. The highest BCUT2D eigenvalue weighted by molar-refractivity contribution is 5.92. The van der Waals surface area contributed by atoms with Gasteiger partial charge in [-0.05, 0) is 45.4 Å². The molecule has 128 valence electrons. The third-order valence-corrected chi connectivity index (χ3v) is 3.54. The molecule has 0 atom stereocenters. The monoisotopic (exact) mass is 330 g/mol. The number of carboxylic acids is 1. The Morgan fingerprint density at radius 1 is 1.25 bits per heavy atom. The number of aromatic nitrogens is 2. The van der Waals surface area contributed by atoms with Crippen molar-refractivity contribution in [3.8, 4) is 5.69 Å². The van der Waals surface area contributed by atoms with Crippen molar-refractivity contribution in [2.24, 2.45) is 0 Å². The summed E-state index contributed by atoms with van der Waals surface area (Å²) in [7, 11) is 0. The van der Waals surface area contributed by atoms with E-state index in [1.165, 1.54) is 0 Å². The van der Waals surface area contributed by atoms with Crippen LogP contribution in [-0.4, -0.2) is 32.4 Å². The van der Waals surface area contributed by atoms with Crippen LogP contribution in [0.3, 0.4) is 0 Å². The minimum absolute atomic E-state index is 0.00354. The highest BCUT2D eigenvalue weighted by Gasteiger charge is 2.22. The molecule has 0 aliphatic heterocycles. The van der Waals surface area contributed by atoms with Gasteiger partial charge in [0.25, 0.3) is 0 Å². The average Bonchev–Trinajstić information content (AvgIpc) is 2.91. The van der Waals surface area contributed by atoms with Crippen molar-refractivity contribution in [2.75, 3.05) is 5.32 Å². The van der Waals surface area contributed by atoms with Crippen LogP contribution >= 0.6 is 0 Å². The maximum absolute atomic E-state index is 12.3. The summed E-state index contributed by atoms with van der Waals surface area (Å²) in [6.07, 6.45) is 2.16. The smallest absolute Gasteiger partial charge is 0.319 e. The first kappa shape index (κ1) is 17.5. The van der Waals surface area contributed by atoms with Crippen molar-refractivity contribution < 1.29 is 14.7 Å². The van der Waals surface area contributed by atoms with Crippen molar-refractivity contribution in [1.82, 2.24) is 15.1 Å². The molecule has 2 amide bonds. The largest absolute Gasteiger partial charge is 0.481 e. The normalized spacial score (nSPS) is 11.1. The predicted octanol–water partition coefficient (Wildman–Crippen LogP) is 2.95. The molecular weight excluding hydrogens is 308 g/mol. The Bertz CT molecular complexity index is 737. The summed E-state index contributed by atoms with van der Waals surface area (Å²) in [5.41, 5.74) is 1.62. The summed E-state index contributed by atoms with van der Waals surface area (Å²) < 4.78 is 1.69. The van der Waals surface area contributed by atoms with Crippen molar-refractivity contribution in [1.29, 1.82) is 0 Å². The van der Waals surface area contributed by atoms with Crippen molar-refractivity contribution in [2.45, 2.75) is 39.2 Å². The second-order valence-electron chi connectivity index (χ2n) is 6.28. The summed E-state index contributed by atoms with van der Waals surface area (Å²) in [6, 6.07) is 8.83. The molecule has 1 heterocycles. The van der Waals surface area contributed by atoms with E-state index in [0.29, 0.717) is 12.1 Å². The lowest BCUT2D eigenvalue weighted by molar-refractivity contribution is -0.137. The fourth-order valence-corrected chi connectivity index (χ4v) is 2.27. The zero-order valence-electron chi connectivity index (χ0n) is 14.0. The van der Waals surface area contributed by atoms with Gasteiger partial charge in [0.2, 0.25) is 0 Å². The summed E-state index contributed by atoms with van der Waals surface area (Å²) in [5.74, 6) is -0.885. The first-order chi connectivity index (χ1) is 11.3. The van der Waals surface area contributed by atoms with E-state index < -0.39 is 11.5 Å². The minimum atomic E-state index is -0.885. The van der Waals surface area contributed by atoms with Gasteiger partial charge >= 0.3 is 12.0 Å². The predicted molar refractivity (Wildman–Crippen MR) is 91.4 cm³/mol. The number of hydrogen-bond donors (Lipinski definition) is 3. The Kier molecular flexibility index (Phi) is 5.23. The van der Waals surface area contributed by atoms with Crippen LogP contribution in [0.25, 0.3) is 5.69 Å². The third-order valence-electron chi connectivity index (χ3n) is 3.54. The van der Waals surface area contributed by atoms with Crippen LogP contribution in [-0.2, 0) is 4.79 Å². The molecule has 24 heavy (non-hydrogen) atoms. The van der Waals surface area contributed by atoms with E-state index >= 15 is 0 Å². The molecule has 0 radical (unpaired) electrons. The van der Waals surface area contributed by atoms with Crippen LogP contribution in [0, 0.1) is 6.92 Å². The molecule has 0 spiro atoms.